The molecule has 4 aromatic carbocycles. The summed E-state index contributed by atoms with van der Waals surface area (Å²) in [5.41, 5.74) is 0.526. The molecule has 0 saturated carbocycles. The number of alkyl halides is 3. The molecule has 47 heavy (non-hydrogen) atoms. The van der Waals surface area contributed by atoms with Gasteiger partial charge in [-0.15, -0.1) is 0 Å². The Morgan fingerprint density at radius 2 is 1.47 bits per heavy atom. The number of aliphatic imine (C=N–C) groups is 1. The van der Waals surface area contributed by atoms with Crippen LogP contribution in [0, 0.1) is 0 Å². The number of nitrogens with one attached hydrogen (secondary N) is 1. The molecule has 1 aliphatic rings. The second-order valence-corrected chi connectivity index (χ2v) is 13.1. The maximum absolute atomic E-state index is 13.9. The first-order valence-electron chi connectivity index (χ1n) is 14.9. The monoisotopic (exact) mass is 666 g/mol. The number of carbonyl (C=O) groups is 1. The van der Waals surface area contributed by atoms with E-state index in [1.807, 2.05) is 35.6 Å². The van der Waals surface area contributed by atoms with Gasteiger partial charge in [-0.25, -0.2) is 13.4 Å². The zero-order chi connectivity index (χ0) is 33.5. The standard InChI is InChI=1S/C35H33F3N2O6S/c36-35(37,38)24-39-33(42)34(20-23-47(43,44)30-10-5-2-6-11-30)31(27-14-12-26(13-15-27)25-8-3-1-4-9-25)46-32(40-34)28-16-18-29(19-17-28)45-22-7-21-41/h1-6,8-19,31,41H,7,20-24H2,(H,39,42)/t31-,34-/m1/s1. The van der Waals surface area contributed by atoms with Crippen LogP contribution in [-0.2, 0) is 19.4 Å². The number of ether oxygens (including phenoxy) is 2. The summed E-state index contributed by atoms with van der Waals surface area (Å²) in [4.78, 5) is 18.5. The summed E-state index contributed by atoms with van der Waals surface area (Å²) in [6.07, 6.45) is -6.02. The molecule has 8 nitrogen and oxygen atoms in total. The number of amides is 1. The third-order valence-corrected chi connectivity index (χ3v) is 9.39. The molecular weight excluding hydrogens is 633 g/mol. The van der Waals surface area contributed by atoms with Gasteiger partial charge < -0.3 is 19.9 Å². The number of aliphatic hydroxyl groups excluding tert-OH is 1. The van der Waals surface area contributed by atoms with Crippen molar-refractivity contribution in [3.8, 4) is 16.9 Å². The first-order chi connectivity index (χ1) is 22.5. The highest BCUT2D eigenvalue weighted by Crippen LogP contribution is 2.43. The van der Waals surface area contributed by atoms with Gasteiger partial charge in [0.15, 0.2) is 21.5 Å². The topological polar surface area (TPSA) is 114 Å². The van der Waals surface area contributed by atoms with Crippen LogP contribution in [0.15, 0.2) is 119 Å². The predicted molar refractivity (Wildman–Crippen MR) is 171 cm³/mol. The molecule has 0 spiro atoms. The van der Waals surface area contributed by atoms with E-state index in [4.69, 9.17) is 14.6 Å². The van der Waals surface area contributed by atoms with Crippen LogP contribution in [0.3, 0.4) is 0 Å². The number of aliphatic hydroxyl groups is 1. The molecule has 0 unspecified atom stereocenters. The van der Waals surface area contributed by atoms with Gasteiger partial charge in [0.1, 0.15) is 12.3 Å². The normalized spacial score (nSPS) is 17.9. The summed E-state index contributed by atoms with van der Waals surface area (Å²) < 4.78 is 78.7. The summed E-state index contributed by atoms with van der Waals surface area (Å²) in [5.74, 6) is -1.25. The lowest BCUT2D eigenvalue weighted by atomic mass is 9.84. The number of nitrogens with zero attached hydrogens (tertiary/aromatic N) is 1. The molecule has 1 amide bonds. The van der Waals surface area contributed by atoms with Gasteiger partial charge in [-0.1, -0.05) is 72.8 Å². The van der Waals surface area contributed by atoms with Gasteiger partial charge in [0.2, 0.25) is 5.90 Å². The minimum Gasteiger partial charge on any atom is -0.494 e. The first-order valence-corrected chi connectivity index (χ1v) is 16.5. The number of hydrogen-bond acceptors (Lipinski definition) is 7. The summed E-state index contributed by atoms with van der Waals surface area (Å²) in [7, 11) is -3.97. The van der Waals surface area contributed by atoms with E-state index in [1.165, 1.54) is 12.1 Å². The average Bonchev–Trinajstić information content (AvgIpc) is 3.48. The van der Waals surface area contributed by atoms with Crippen LogP contribution in [0.5, 0.6) is 5.75 Å². The second kappa shape index (κ2) is 14.4. The summed E-state index contributed by atoms with van der Waals surface area (Å²) >= 11 is 0. The van der Waals surface area contributed by atoms with Crippen molar-refractivity contribution in [1.82, 2.24) is 5.32 Å². The largest absolute Gasteiger partial charge is 0.494 e. The molecule has 2 N–H and O–H groups in total. The number of benzene rings is 4. The van der Waals surface area contributed by atoms with E-state index in [0.717, 1.165) is 11.1 Å². The average molecular weight is 667 g/mol. The fraction of sp³-hybridized carbons (Fsp3) is 0.257. The van der Waals surface area contributed by atoms with Crippen LogP contribution in [0.25, 0.3) is 11.1 Å². The van der Waals surface area contributed by atoms with E-state index >= 15 is 0 Å². The second-order valence-electron chi connectivity index (χ2n) is 11.0. The number of hydrogen-bond donors (Lipinski definition) is 2. The Kier molecular flexibility index (Phi) is 10.3. The molecule has 1 heterocycles. The minimum atomic E-state index is -4.72. The third-order valence-electron chi connectivity index (χ3n) is 7.65. The van der Waals surface area contributed by atoms with Crippen molar-refractivity contribution in [2.45, 2.75) is 35.6 Å². The van der Waals surface area contributed by atoms with Gasteiger partial charge in [-0.05, 0) is 53.1 Å². The van der Waals surface area contributed by atoms with E-state index in [9.17, 15) is 26.4 Å². The van der Waals surface area contributed by atoms with Crippen LogP contribution in [-0.4, -0.2) is 62.6 Å². The SMILES string of the molecule is O=C(NCC(F)(F)F)[C@]1(CCS(=O)(=O)c2ccccc2)N=C(c2ccc(OCCCO)cc2)O[C@@H]1c1ccc(-c2ccccc2)cc1. The Bertz CT molecular complexity index is 1780. The molecule has 5 rings (SSSR count). The van der Waals surface area contributed by atoms with E-state index in [0.29, 0.717) is 23.3 Å². The highest BCUT2D eigenvalue weighted by atomic mass is 32.2. The Morgan fingerprint density at radius 1 is 0.872 bits per heavy atom. The summed E-state index contributed by atoms with van der Waals surface area (Å²) in [6, 6.07) is 30.6. The quantitative estimate of drug-likeness (QED) is 0.172. The fourth-order valence-corrected chi connectivity index (χ4v) is 6.61. The van der Waals surface area contributed by atoms with Gasteiger partial charge in [-0.2, -0.15) is 13.2 Å². The van der Waals surface area contributed by atoms with Gasteiger partial charge in [0.25, 0.3) is 5.91 Å². The maximum atomic E-state index is 13.9. The highest BCUT2D eigenvalue weighted by molar-refractivity contribution is 7.91. The molecule has 2 atom stereocenters. The summed E-state index contributed by atoms with van der Waals surface area (Å²) in [6.45, 7) is -1.38. The first kappa shape index (κ1) is 33.7. The van der Waals surface area contributed by atoms with Crippen molar-refractivity contribution < 1.29 is 41.0 Å². The molecule has 0 fully saturated rings. The zero-order valence-corrected chi connectivity index (χ0v) is 26.0. The van der Waals surface area contributed by atoms with Crippen molar-refractivity contribution in [2.75, 3.05) is 25.5 Å². The van der Waals surface area contributed by atoms with Crippen LogP contribution >= 0.6 is 0 Å². The lowest BCUT2D eigenvalue weighted by Gasteiger charge is -2.31. The molecular formula is C35H33F3N2O6S. The van der Waals surface area contributed by atoms with Crippen molar-refractivity contribution in [3.63, 3.8) is 0 Å². The van der Waals surface area contributed by atoms with Crippen LogP contribution in [0.4, 0.5) is 13.2 Å². The maximum Gasteiger partial charge on any atom is 0.405 e. The van der Waals surface area contributed by atoms with Crippen molar-refractivity contribution in [2.24, 2.45) is 4.99 Å². The Balaban J connectivity index is 1.56. The van der Waals surface area contributed by atoms with Gasteiger partial charge in [0, 0.05) is 25.0 Å². The van der Waals surface area contributed by atoms with Crippen LogP contribution in [0.1, 0.15) is 30.1 Å². The number of halogens is 3. The van der Waals surface area contributed by atoms with E-state index in [-0.39, 0.29) is 24.0 Å². The van der Waals surface area contributed by atoms with E-state index < -0.39 is 52.3 Å². The molecule has 0 saturated heterocycles. The number of carbonyl (C=O) groups excluding carboxylic acids is 1. The third kappa shape index (κ3) is 8.19. The molecule has 0 aliphatic carbocycles. The van der Waals surface area contributed by atoms with Crippen molar-refractivity contribution in [1.29, 1.82) is 0 Å². The predicted octanol–water partition coefficient (Wildman–Crippen LogP) is 5.91. The minimum absolute atomic E-state index is 0.00881. The fourth-order valence-electron chi connectivity index (χ4n) is 5.22. The molecule has 12 heteroatoms. The van der Waals surface area contributed by atoms with Gasteiger partial charge >= 0.3 is 6.18 Å². The molecule has 0 aromatic heterocycles. The van der Waals surface area contributed by atoms with Gasteiger partial charge in [0.05, 0.1) is 17.3 Å². The molecule has 4 aromatic rings. The van der Waals surface area contributed by atoms with Crippen molar-refractivity contribution >= 4 is 21.6 Å². The van der Waals surface area contributed by atoms with Crippen molar-refractivity contribution in [3.05, 3.63) is 120 Å². The molecule has 246 valence electrons. The van der Waals surface area contributed by atoms with E-state index in [1.54, 1.807) is 66.7 Å². The molecule has 0 bridgehead atoms. The smallest absolute Gasteiger partial charge is 0.405 e. The molecule has 0 radical (unpaired) electrons. The highest BCUT2D eigenvalue weighted by Gasteiger charge is 2.54. The number of rotatable bonds is 13. The summed E-state index contributed by atoms with van der Waals surface area (Å²) in [5, 5.41) is 11.0. The Hall–Kier alpha value is -4.68. The van der Waals surface area contributed by atoms with Gasteiger partial charge in [-0.3, -0.25) is 4.79 Å². The molecule has 1 aliphatic heterocycles. The number of sulfone groups is 1. The zero-order valence-electron chi connectivity index (χ0n) is 25.2. The lowest BCUT2D eigenvalue weighted by molar-refractivity contribution is -0.143. The van der Waals surface area contributed by atoms with Crippen LogP contribution in [0.2, 0.25) is 0 Å². The lowest BCUT2D eigenvalue weighted by Crippen LogP contribution is -2.51. The van der Waals surface area contributed by atoms with Crippen LogP contribution < -0.4 is 10.1 Å². The Labute approximate surface area is 270 Å². The Morgan fingerprint density at radius 3 is 2.09 bits per heavy atom. The van der Waals surface area contributed by atoms with E-state index in [2.05, 4.69) is 4.99 Å².